The molecule has 0 aromatic heterocycles. The van der Waals surface area contributed by atoms with E-state index in [-0.39, 0.29) is 31.1 Å². The Balaban J connectivity index is 4.37. The molecule has 0 amide bonds. The number of carbonyl (C=O) groups is 3. The molecule has 0 aliphatic rings. The number of rotatable bonds is 52. The van der Waals surface area contributed by atoms with Crippen molar-refractivity contribution in [2.75, 3.05) is 13.2 Å². The molecule has 0 aromatic carbocycles. The minimum Gasteiger partial charge on any atom is -0.462 e. The molecule has 0 saturated heterocycles. The second kappa shape index (κ2) is 54.2. The van der Waals surface area contributed by atoms with Gasteiger partial charge in [-0.2, -0.15) is 0 Å². The van der Waals surface area contributed by atoms with E-state index < -0.39 is 6.10 Å². The highest BCUT2D eigenvalue weighted by molar-refractivity contribution is 5.71. The van der Waals surface area contributed by atoms with Gasteiger partial charge in [-0.25, -0.2) is 0 Å². The predicted octanol–water partition coefficient (Wildman–Crippen LogP) is 18.9. The van der Waals surface area contributed by atoms with Crippen LogP contribution in [0.3, 0.4) is 0 Å². The normalized spacial score (nSPS) is 12.2. The number of hydrogen-bond donors (Lipinski definition) is 0. The van der Waals surface area contributed by atoms with E-state index in [1.165, 1.54) is 193 Å². The summed E-state index contributed by atoms with van der Waals surface area (Å²) in [6.45, 7) is 6.63. The average Bonchev–Trinajstić information content (AvgIpc) is 3.30. The van der Waals surface area contributed by atoms with Gasteiger partial charge in [0.2, 0.25) is 0 Å². The molecular formula is C59H108O6. The van der Waals surface area contributed by atoms with E-state index in [1.54, 1.807) is 0 Å². The lowest BCUT2D eigenvalue weighted by atomic mass is 10.1. The molecule has 0 fully saturated rings. The fourth-order valence-electron chi connectivity index (χ4n) is 8.25. The first-order valence-corrected chi connectivity index (χ1v) is 28.5. The summed E-state index contributed by atoms with van der Waals surface area (Å²) in [7, 11) is 0. The van der Waals surface area contributed by atoms with E-state index >= 15 is 0 Å². The van der Waals surface area contributed by atoms with Gasteiger partial charge in [-0.15, -0.1) is 0 Å². The zero-order chi connectivity index (χ0) is 47.2. The number of carbonyl (C=O) groups excluding carboxylic acids is 3. The van der Waals surface area contributed by atoms with Crippen LogP contribution in [-0.4, -0.2) is 37.2 Å². The molecule has 6 heteroatoms. The highest BCUT2D eigenvalue weighted by Crippen LogP contribution is 2.15. The van der Waals surface area contributed by atoms with E-state index in [9.17, 15) is 14.4 Å². The Morgan fingerprint density at radius 2 is 0.508 bits per heavy atom. The number of allylic oxidation sites excluding steroid dienone is 6. The van der Waals surface area contributed by atoms with Crippen LogP contribution in [0.15, 0.2) is 36.5 Å². The van der Waals surface area contributed by atoms with Crippen molar-refractivity contribution < 1.29 is 28.6 Å². The second-order valence-electron chi connectivity index (χ2n) is 19.2. The molecule has 0 aliphatic carbocycles. The summed E-state index contributed by atoms with van der Waals surface area (Å²) in [5.41, 5.74) is 0. The molecule has 0 aliphatic heterocycles. The zero-order valence-electron chi connectivity index (χ0n) is 43.5. The summed E-state index contributed by atoms with van der Waals surface area (Å²) in [6, 6.07) is 0. The van der Waals surface area contributed by atoms with Crippen molar-refractivity contribution in [3.8, 4) is 0 Å². The van der Waals surface area contributed by atoms with Gasteiger partial charge in [0.25, 0.3) is 0 Å². The molecule has 1 unspecified atom stereocenters. The van der Waals surface area contributed by atoms with Gasteiger partial charge in [-0.1, -0.05) is 224 Å². The molecule has 65 heavy (non-hydrogen) atoms. The molecule has 0 aromatic rings. The van der Waals surface area contributed by atoms with Crippen molar-refractivity contribution in [3.05, 3.63) is 36.5 Å². The Hall–Kier alpha value is -2.37. The van der Waals surface area contributed by atoms with E-state index in [0.717, 1.165) is 70.6 Å². The van der Waals surface area contributed by atoms with Gasteiger partial charge in [-0.3, -0.25) is 14.4 Å². The molecule has 0 saturated carbocycles. The van der Waals surface area contributed by atoms with E-state index in [2.05, 4.69) is 57.2 Å². The topological polar surface area (TPSA) is 78.9 Å². The molecule has 6 nitrogen and oxygen atoms in total. The first-order chi connectivity index (χ1) is 32.0. The number of hydrogen-bond acceptors (Lipinski definition) is 6. The Labute approximate surface area is 404 Å². The first kappa shape index (κ1) is 62.6. The molecule has 380 valence electrons. The Morgan fingerprint density at radius 1 is 0.292 bits per heavy atom. The van der Waals surface area contributed by atoms with Crippen LogP contribution in [-0.2, 0) is 28.6 Å². The summed E-state index contributed by atoms with van der Waals surface area (Å²) in [5, 5.41) is 0. The van der Waals surface area contributed by atoms with Crippen LogP contribution in [0.1, 0.15) is 303 Å². The lowest BCUT2D eigenvalue weighted by Crippen LogP contribution is -2.30. The smallest absolute Gasteiger partial charge is 0.306 e. The van der Waals surface area contributed by atoms with Crippen molar-refractivity contribution in [2.45, 2.75) is 309 Å². The Bertz CT molecular complexity index is 1090. The maximum Gasteiger partial charge on any atom is 0.306 e. The third-order valence-electron chi connectivity index (χ3n) is 12.6. The van der Waals surface area contributed by atoms with Crippen molar-refractivity contribution in [1.29, 1.82) is 0 Å². The quantitative estimate of drug-likeness (QED) is 0.0262. The lowest BCUT2D eigenvalue weighted by Gasteiger charge is -2.18. The standard InChI is InChI=1S/C59H108O6/c1-4-7-10-13-16-19-22-25-27-29-31-34-37-40-43-46-49-52-58(61)64-55-56(54-63-57(60)51-48-45-42-39-36-33-24-21-18-15-12-9-6-3)65-59(62)53-50-47-44-41-38-35-32-30-28-26-23-20-17-14-11-8-5-2/h25-28,33,36,56H,4-24,29-32,34-35,37-55H2,1-3H3/b27-25-,28-26-,36-33-. The summed E-state index contributed by atoms with van der Waals surface area (Å²) >= 11 is 0. The van der Waals surface area contributed by atoms with Gasteiger partial charge in [0.05, 0.1) is 0 Å². The van der Waals surface area contributed by atoms with Crippen LogP contribution in [0.25, 0.3) is 0 Å². The minimum absolute atomic E-state index is 0.0788. The van der Waals surface area contributed by atoms with Crippen molar-refractivity contribution in [3.63, 3.8) is 0 Å². The van der Waals surface area contributed by atoms with Gasteiger partial charge in [0.1, 0.15) is 13.2 Å². The van der Waals surface area contributed by atoms with Crippen LogP contribution >= 0.6 is 0 Å². The summed E-state index contributed by atoms with van der Waals surface area (Å²) < 4.78 is 16.8. The second-order valence-corrected chi connectivity index (χ2v) is 19.2. The predicted molar refractivity (Wildman–Crippen MR) is 279 cm³/mol. The van der Waals surface area contributed by atoms with Gasteiger partial charge in [0.15, 0.2) is 6.10 Å². The number of ether oxygens (including phenoxy) is 3. The third-order valence-corrected chi connectivity index (χ3v) is 12.6. The number of unbranched alkanes of at least 4 members (excludes halogenated alkanes) is 35. The molecule has 0 rings (SSSR count). The highest BCUT2D eigenvalue weighted by atomic mass is 16.6. The number of esters is 3. The largest absolute Gasteiger partial charge is 0.462 e. The molecule has 0 spiro atoms. The van der Waals surface area contributed by atoms with Gasteiger partial charge < -0.3 is 14.2 Å². The molecule has 0 heterocycles. The lowest BCUT2D eigenvalue weighted by molar-refractivity contribution is -0.167. The fourth-order valence-corrected chi connectivity index (χ4v) is 8.25. The maximum absolute atomic E-state index is 12.8. The van der Waals surface area contributed by atoms with Crippen LogP contribution in [0.4, 0.5) is 0 Å². The monoisotopic (exact) mass is 913 g/mol. The average molecular weight is 914 g/mol. The fraction of sp³-hybridized carbons (Fsp3) is 0.847. The van der Waals surface area contributed by atoms with Crippen LogP contribution in [0, 0.1) is 0 Å². The van der Waals surface area contributed by atoms with Crippen molar-refractivity contribution in [1.82, 2.24) is 0 Å². The van der Waals surface area contributed by atoms with E-state index in [0.29, 0.717) is 19.3 Å². The summed E-state index contributed by atoms with van der Waals surface area (Å²) in [6.07, 6.45) is 64.2. The SMILES string of the molecule is CCCCCCCC/C=C\CCCCCCCCCC(=O)OCC(COC(=O)CCCCC/C=C\CCCCCCCC)OC(=O)CCCCCCCCC/C=C\CCCCCCCC. The third kappa shape index (κ3) is 52.5. The molecule has 0 bridgehead atoms. The van der Waals surface area contributed by atoms with Crippen molar-refractivity contribution in [2.24, 2.45) is 0 Å². The van der Waals surface area contributed by atoms with Crippen LogP contribution in [0.2, 0.25) is 0 Å². The molecular weight excluding hydrogens is 805 g/mol. The molecule has 0 N–H and O–H groups in total. The first-order valence-electron chi connectivity index (χ1n) is 28.5. The molecule has 1 atom stereocenters. The Morgan fingerprint density at radius 3 is 0.785 bits per heavy atom. The van der Waals surface area contributed by atoms with Gasteiger partial charge >= 0.3 is 17.9 Å². The van der Waals surface area contributed by atoms with Gasteiger partial charge in [0, 0.05) is 19.3 Å². The van der Waals surface area contributed by atoms with Gasteiger partial charge in [-0.05, 0) is 96.3 Å². The molecule has 0 radical (unpaired) electrons. The van der Waals surface area contributed by atoms with Crippen LogP contribution in [0.5, 0.6) is 0 Å². The summed E-state index contributed by atoms with van der Waals surface area (Å²) in [5.74, 6) is -0.890. The van der Waals surface area contributed by atoms with Crippen LogP contribution < -0.4 is 0 Å². The highest BCUT2D eigenvalue weighted by Gasteiger charge is 2.19. The van der Waals surface area contributed by atoms with Crippen molar-refractivity contribution >= 4 is 17.9 Å². The van der Waals surface area contributed by atoms with E-state index in [1.807, 2.05) is 0 Å². The zero-order valence-corrected chi connectivity index (χ0v) is 43.5. The minimum atomic E-state index is -0.780. The summed E-state index contributed by atoms with van der Waals surface area (Å²) in [4.78, 5) is 38.1. The Kier molecular flexibility index (Phi) is 52.3. The maximum atomic E-state index is 12.8. The van der Waals surface area contributed by atoms with E-state index in [4.69, 9.17) is 14.2 Å².